The fourth-order valence-corrected chi connectivity index (χ4v) is 3.31. The van der Waals surface area contributed by atoms with E-state index in [0.29, 0.717) is 26.9 Å². The molecule has 0 aliphatic carbocycles. The Hall–Kier alpha value is -2.15. The summed E-state index contributed by atoms with van der Waals surface area (Å²) in [5.41, 5.74) is 5.33. The van der Waals surface area contributed by atoms with Gasteiger partial charge in [-0.1, -0.05) is 41.1 Å². The number of hydrazine groups is 1. The number of rotatable bonds is 3. The standard InChI is InChI=1S/C15H13ClN4OS/c1-8-4-2-3-5-10(8)14(21)18-9-6-11(16)13-12(7-9)22-15(19-13)20-17/h2-7H,17H2,1H3,(H,18,21)(H,19,20). The molecule has 0 saturated carbocycles. The third-order valence-corrected chi connectivity index (χ3v) is 4.44. The molecule has 0 fully saturated rings. The summed E-state index contributed by atoms with van der Waals surface area (Å²) in [6, 6.07) is 10.9. The molecule has 0 spiro atoms. The van der Waals surface area contributed by atoms with E-state index in [2.05, 4.69) is 15.7 Å². The van der Waals surface area contributed by atoms with Gasteiger partial charge in [-0.2, -0.15) is 0 Å². The molecule has 0 bridgehead atoms. The summed E-state index contributed by atoms with van der Waals surface area (Å²) in [7, 11) is 0. The molecule has 2 aromatic carbocycles. The monoisotopic (exact) mass is 332 g/mol. The van der Waals surface area contributed by atoms with Crippen molar-refractivity contribution in [3.63, 3.8) is 0 Å². The van der Waals surface area contributed by atoms with Gasteiger partial charge in [-0.25, -0.2) is 10.8 Å². The number of carbonyl (C=O) groups excluding carboxylic acids is 1. The van der Waals surface area contributed by atoms with Crippen LogP contribution >= 0.6 is 22.9 Å². The molecule has 1 aromatic heterocycles. The number of nitrogens with zero attached hydrogens (tertiary/aromatic N) is 1. The number of nitrogens with two attached hydrogens (primary N) is 1. The van der Waals surface area contributed by atoms with Crippen LogP contribution in [0.1, 0.15) is 15.9 Å². The maximum atomic E-state index is 12.3. The summed E-state index contributed by atoms with van der Waals surface area (Å²) < 4.78 is 0.848. The van der Waals surface area contributed by atoms with Gasteiger partial charge >= 0.3 is 0 Å². The molecule has 0 aliphatic rings. The third kappa shape index (κ3) is 2.76. The van der Waals surface area contributed by atoms with E-state index in [9.17, 15) is 4.79 Å². The number of thiazole rings is 1. The number of fused-ring (bicyclic) bond motifs is 1. The highest BCUT2D eigenvalue weighted by Crippen LogP contribution is 2.33. The van der Waals surface area contributed by atoms with E-state index < -0.39 is 0 Å². The topological polar surface area (TPSA) is 80.0 Å². The first kappa shape index (κ1) is 14.8. The van der Waals surface area contributed by atoms with Crippen molar-refractivity contribution in [2.75, 3.05) is 10.7 Å². The second kappa shape index (κ2) is 5.92. The maximum absolute atomic E-state index is 12.3. The quantitative estimate of drug-likeness (QED) is 0.503. The molecule has 112 valence electrons. The first-order valence-corrected chi connectivity index (χ1v) is 7.71. The molecule has 0 aliphatic heterocycles. The number of halogens is 1. The number of aryl methyl sites for hydroxylation is 1. The molecular weight excluding hydrogens is 320 g/mol. The minimum atomic E-state index is -0.171. The second-order valence-electron chi connectivity index (χ2n) is 4.74. The van der Waals surface area contributed by atoms with Gasteiger partial charge < -0.3 is 5.32 Å². The summed E-state index contributed by atoms with van der Waals surface area (Å²) in [6.07, 6.45) is 0. The Morgan fingerprint density at radius 3 is 2.82 bits per heavy atom. The van der Waals surface area contributed by atoms with Gasteiger partial charge in [0.25, 0.3) is 5.91 Å². The van der Waals surface area contributed by atoms with Crippen LogP contribution in [-0.4, -0.2) is 10.9 Å². The minimum Gasteiger partial charge on any atom is -0.322 e. The number of aromatic nitrogens is 1. The lowest BCUT2D eigenvalue weighted by Gasteiger charge is -2.08. The van der Waals surface area contributed by atoms with Crippen LogP contribution in [0.3, 0.4) is 0 Å². The van der Waals surface area contributed by atoms with E-state index in [1.807, 2.05) is 31.2 Å². The van der Waals surface area contributed by atoms with Crippen LogP contribution in [0, 0.1) is 6.92 Å². The highest BCUT2D eigenvalue weighted by Gasteiger charge is 2.12. The third-order valence-electron chi connectivity index (χ3n) is 3.22. The molecule has 7 heteroatoms. The molecule has 22 heavy (non-hydrogen) atoms. The van der Waals surface area contributed by atoms with Crippen molar-refractivity contribution in [1.29, 1.82) is 0 Å². The van der Waals surface area contributed by atoms with Gasteiger partial charge in [0.15, 0.2) is 5.13 Å². The highest BCUT2D eigenvalue weighted by molar-refractivity contribution is 7.22. The van der Waals surface area contributed by atoms with Crippen LogP contribution in [0.5, 0.6) is 0 Å². The number of hydrogen-bond acceptors (Lipinski definition) is 5. The molecule has 0 saturated heterocycles. The smallest absolute Gasteiger partial charge is 0.255 e. The fraction of sp³-hybridized carbons (Fsp3) is 0.0667. The van der Waals surface area contributed by atoms with E-state index in [0.717, 1.165) is 10.3 Å². The number of carbonyl (C=O) groups is 1. The Balaban J connectivity index is 1.94. The van der Waals surface area contributed by atoms with Crippen molar-refractivity contribution in [3.05, 3.63) is 52.5 Å². The lowest BCUT2D eigenvalue weighted by atomic mass is 10.1. The Morgan fingerprint density at radius 1 is 1.32 bits per heavy atom. The summed E-state index contributed by atoms with van der Waals surface area (Å²) in [6.45, 7) is 1.90. The van der Waals surface area contributed by atoms with Crippen molar-refractivity contribution in [3.8, 4) is 0 Å². The number of benzene rings is 2. The van der Waals surface area contributed by atoms with E-state index in [1.54, 1.807) is 12.1 Å². The number of nitrogens with one attached hydrogen (secondary N) is 2. The van der Waals surface area contributed by atoms with Crippen LogP contribution in [0.4, 0.5) is 10.8 Å². The Bertz CT molecular complexity index is 862. The highest BCUT2D eigenvalue weighted by atomic mass is 35.5. The summed E-state index contributed by atoms with van der Waals surface area (Å²) in [4.78, 5) is 16.6. The first-order chi connectivity index (χ1) is 10.6. The van der Waals surface area contributed by atoms with E-state index >= 15 is 0 Å². The van der Waals surface area contributed by atoms with Gasteiger partial charge in [-0.15, -0.1) is 0 Å². The molecule has 3 aromatic rings. The number of hydrogen-bond donors (Lipinski definition) is 3. The van der Waals surface area contributed by atoms with Crippen LogP contribution in [-0.2, 0) is 0 Å². The zero-order valence-electron chi connectivity index (χ0n) is 11.7. The Labute approximate surface area is 136 Å². The fourth-order valence-electron chi connectivity index (χ4n) is 2.15. The van der Waals surface area contributed by atoms with Crippen LogP contribution in [0.25, 0.3) is 10.2 Å². The average Bonchev–Trinajstić information content (AvgIpc) is 2.91. The molecule has 5 nitrogen and oxygen atoms in total. The first-order valence-electron chi connectivity index (χ1n) is 6.52. The van der Waals surface area contributed by atoms with Crippen molar-refractivity contribution in [2.45, 2.75) is 6.92 Å². The molecule has 0 atom stereocenters. The van der Waals surface area contributed by atoms with Crippen molar-refractivity contribution in [1.82, 2.24) is 4.98 Å². The number of amides is 1. The zero-order valence-corrected chi connectivity index (χ0v) is 13.3. The van der Waals surface area contributed by atoms with E-state index in [4.69, 9.17) is 17.4 Å². The van der Waals surface area contributed by atoms with Crippen molar-refractivity contribution >= 4 is 49.9 Å². The molecular formula is C15H13ClN4OS. The summed E-state index contributed by atoms with van der Waals surface area (Å²) in [5, 5.41) is 3.90. The molecule has 0 unspecified atom stereocenters. The number of nitrogen functional groups attached to an aromatic ring is 1. The molecule has 4 N–H and O–H groups in total. The Morgan fingerprint density at radius 2 is 2.09 bits per heavy atom. The average molecular weight is 333 g/mol. The molecule has 3 rings (SSSR count). The largest absolute Gasteiger partial charge is 0.322 e. The normalized spacial score (nSPS) is 10.7. The Kier molecular flexibility index (Phi) is 3.98. The van der Waals surface area contributed by atoms with Gasteiger partial charge in [0.2, 0.25) is 0 Å². The van der Waals surface area contributed by atoms with Crippen molar-refractivity contribution in [2.24, 2.45) is 5.84 Å². The van der Waals surface area contributed by atoms with Crippen LogP contribution < -0.4 is 16.6 Å². The van der Waals surface area contributed by atoms with Gasteiger partial charge in [-0.3, -0.25) is 10.2 Å². The van der Waals surface area contributed by atoms with Gasteiger partial charge in [0.05, 0.1) is 9.72 Å². The zero-order chi connectivity index (χ0) is 15.7. The SMILES string of the molecule is Cc1ccccc1C(=O)Nc1cc(Cl)c2nc(NN)sc2c1. The van der Waals surface area contributed by atoms with Gasteiger partial charge in [-0.05, 0) is 30.7 Å². The number of anilines is 2. The molecule has 1 heterocycles. The minimum absolute atomic E-state index is 0.171. The maximum Gasteiger partial charge on any atom is 0.255 e. The predicted molar refractivity (Wildman–Crippen MR) is 91.6 cm³/mol. The van der Waals surface area contributed by atoms with E-state index in [-0.39, 0.29) is 5.91 Å². The summed E-state index contributed by atoms with van der Waals surface area (Å²) >= 11 is 7.59. The lowest BCUT2D eigenvalue weighted by molar-refractivity contribution is 0.102. The van der Waals surface area contributed by atoms with Crippen molar-refractivity contribution < 1.29 is 4.79 Å². The van der Waals surface area contributed by atoms with Gasteiger partial charge in [0.1, 0.15) is 5.52 Å². The molecule has 0 radical (unpaired) electrons. The predicted octanol–water partition coefficient (Wildman–Crippen LogP) is 3.80. The van der Waals surface area contributed by atoms with E-state index in [1.165, 1.54) is 11.3 Å². The molecule has 1 amide bonds. The lowest BCUT2D eigenvalue weighted by Crippen LogP contribution is -2.13. The summed E-state index contributed by atoms with van der Waals surface area (Å²) in [5.74, 6) is 5.19. The van der Waals surface area contributed by atoms with Crippen LogP contribution in [0.15, 0.2) is 36.4 Å². The second-order valence-corrected chi connectivity index (χ2v) is 6.18. The van der Waals surface area contributed by atoms with Gasteiger partial charge in [0, 0.05) is 11.3 Å². The van der Waals surface area contributed by atoms with Crippen LogP contribution in [0.2, 0.25) is 5.02 Å².